The summed E-state index contributed by atoms with van der Waals surface area (Å²) in [6.07, 6.45) is 0. The molecule has 4 heteroatoms. The van der Waals surface area contributed by atoms with Gasteiger partial charge in [-0.25, -0.2) is 0 Å². The molecule has 0 aromatic heterocycles. The van der Waals surface area contributed by atoms with E-state index in [0.717, 1.165) is 0 Å². The van der Waals surface area contributed by atoms with Crippen LogP contribution in [0.25, 0.3) is 0 Å². The van der Waals surface area contributed by atoms with Gasteiger partial charge in [-0.15, -0.1) is 0 Å². The number of benzene rings is 1. The summed E-state index contributed by atoms with van der Waals surface area (Å²) in [5.74, 6) is 0.241. The Kier molecular flexibility index (Phi) is 5.18. The van der Waals surface area contributed by atoms with E-state index in [1.807, 2.05) is 6.92 Å². The molecule has 0 heterocycles. The van der Waals surface area contributed by atoms with E-state index in [9.17, 15) is 0 Å². The van der Waals surface area contributed by atoms with Gasteiger partial charge in [-0.3, -0.25) is 5.41 Å². The van der Waals surface area contributed by atoms with E-state index >= 15 is 0 Å². The maximum atomic E-state index is 8.84. The quantitative estimate of drug-likeness (QED) is 0.609. The summed E-state index contributed by atoms with van der Waals surface area (Å²) in [5.41, 5.74) is 0.473. The number of ether oxygens (including phenoxy) is 1. The van der Waals surface area contributed by atoms with Crippen LogP contribution < -0.4 is 4.74 Å². The van der Waals surface area contributed by atoms with E-state index in [4.69, 9.17) is 15.3 Å². The van der Waals surface area contributed by atoms with Gasteiger partial charge in [0.15, 0.2) is 0 Å². The first-order chi connectivity index (χ1) is 5.74. The van der Waals surface area contributed by atoms with Crippen molar-refractivity contribution < 1.29 is 26.6 Å². The van der Waals surface area contributed by atoms with Crippen LogP contribution in [0.1, 0.15) is 12.5 Å². The van der Waals surface area contributed by atoms with Crippen LogP contribution in [-0.4, -0.2) is 17.6 Å². The van der Waals surface area contributed by atoms with Crippen LogP contribution >= 0.6 is 0 Å². The number of hydrogen-bond donors (Lipinski definition) is 2. The maximum Gasteiger partial charge on any atom is 0.210 e. The smallest absolute Gasteiger partial charge is 0.210 e. The summed E-state index contributed by atoms with van der Waals surface area (Å²) >= 11 is 0. The van der Waals surface area contributed by atoms with E-state index in [-0.39, 0.29) is 16.8 Å². The summed E-state index contributed by atoms with van der Waals surface area (Å²) in [6, 6.07) is 6.82. The Labute approximate surface area is 87.4 Å². The van der Waals surface area contributed by atoms with Gasteiger partial charge in [-0.05, 0) is 25.1 Å². The molecule has 0 unspecified atom stereocenters. The largest absolute Gasteiger partial charge is 0.494 e. The molecule has 1 radical (unpaired) electrons. The van der Waals surface area contributed by atoms with Crippen LogP contribution in [0.3, 0.4) is 0 Å². The predicted molar refractivity (Wildman–Crippen MR) is 47.1 cm³/mol. The fourth-order valence-electron chi connectivity index (χ4n) is 0.900. The normalized spacial score (nSPS) is 8.69. The number of hydrogen-bond acceptors (Lipinski definition) is 2. The van der Waals surface area contributed by atoms with Gasteiger partial charge in [0, 0.05) is 22.3 Å². The first-order valence-electron chi connectivity index (χ1n) is 3.74. The first-order valence-corrected chi connectivity index (χ1v) is 3.74. The molecule has 0 bridgehead atoms. The Balaban J connectivity index is 0.00000144. The van der Waals surface area contributed by atoms with Crippen LogP contribution in [0.15, 0.2) is 24.3 Å². The molecular weight excluding hydrogens is 213 g/mol. The third kappa shape index (κ3) is 3.48. The minimum Gasteiger partial charge on any atom is -0.494 e. The van der Waals surface area contributed by atoms with Gasteiger partial charge in [0.05, 0.1) is 6.61 Å². The van der Waals surface area contributed by atoms with Crippen LogP contribution in [0.5, 0.6) is 5.75 Å². The van der Waals surface area contributed by atoms with Crippen molar-refractivity contribution in [1.29, 1.82) is 5.41 Å². The number of aliphatic hydroxyl groups excluding tert-OH is 1. The number of nitrogens with one attached hydrogen (secondary N) is 1. The molecule has 1 aromatic rings. The molecule has 0 fully saturated rings. The second-order valence-electron chi connectivity index (χ2n) is 2.31. The molecule has 73 valence electrons. The SMILES string of the molecule is CCOc1cccc(C(=N)O)c1.[Co]. The molecule has 0 aliphatic carbocycles. The summed E-state index contributed by atoms with van der Waals surface area (Å²) in [6.45, 7) is 2.47. The number of aliphatic hydroxyl groups is 1. The third-order valence-electron chi connectivity index (χ3n) is 1.42. The zero-order valence-electron chi connectivity index (χ0n) is 7.21. The van der Waals surface area contributed by atoms with Crippen molar-refractivity contribution in [3.05, 3.63) is 29.8 Å². The van der Waals surface area contributed by atoms with Crippen molar-refractivity contribution in [3.63, 3.8) is 0 Å². The van der Waals surface area contributed by atoms with Gasteiger partial charge in [0.1, 0.15) is 5.75 Å². The van der Waals surface area contributed by atoms with Gasteiger partial charge >= 0.3 is 0 Å². The van der Waals surface area contributed by atoms with Gasteiger partial charge in [0.2, 0.25) is 5.90 Å². The van der Waals surface area contributed by atoms with Crippen molar-refractivity contribution >= 4 is 5.90 Å². The van der Waals surface area contributed by atoms with Gasteiger partial charge < -0.3 is 9.84 Å². The molecule has 13 heavy (non-hydrogen) atoms. The molecule has 0 aliphatic rings. The first kappa shape index (κ1) is 12.0. The van der Waals surface area contributed by atoms with Crippen molar-refractivity contribution in [3.8, 4) is 5.75 Å². The van der Waals surface area contributed by atoms with Gasteiger partial charge in [0.25, 0.3) is 0 Å². The Hall–Kier alpha value is -1.00. The summed E-state index contributed by atoms with van der Waals surface area (Å²) < 4.78 is 5.19. The molecular formula is C9H11CoNO2. The molecule has 1 rings (SSSR count). The zero-order valence-corrected chi connectivity index (χ0v) is 8.25. The summed E-state index contributed by atoms with van der Waals surface area (Å²) in [7, 11) is 0. The minimum absolute atomic E-state index is 0. The molecule has 0 saturated carbocycles. The fourth-order valence-corrected chi connectivity index (χ4v) is 0.900. The second kappa shape index (κ2) is 5.61. The molecule has 3 nitrogen and oxygen atoms in total. The van der Waals surface area contributed by atoms with Crippen molar-refractivity contribution in [2.45, 2.75) is 6.92 Å². The molecule has 0 atom stereocenters. The number of rotatable bonds is 3. The van der Waals surface area contributed by atoms with Crippen LogP contribution in [-0.2, 0) is 16.8 Å². The Morgan fingerprint density at radius 2 is 2.23 bits per heavy atom. The van der Waals surface area contributed by atoms with Gasteiger partial charge in [-0.2, -0.15) is 0 Å². The van der Waals surface area contributed by atoms with E-state index in [1.165, 1.54) is 0 Å². The molecule has 0 spiro atoms. The Morgan fingerprint density at radius 3 is 2.77 bits per heavy atom. The Bertz CT molecular complexity index is 289. The summed E-state index contributed by atoms with van der Waals surface area (Å²) in [4.78, 5) is 0. The molecule has 0 amide bonds. The van der Waals surface area contributed by atoms with E-state index in [2.05, 4.69) is 0 Å². The predicted octanol–water partition coefficient (Wildman–Crippen LogP) is 1.97. The maximum absolute atomic E-state index is 8.84. The van der Waals surface area contributed by atoms with Gasteiger partial charge in [-0.1, -0.05) is 6.07 Å². The summed E-state index contributed by atoms with van der Waals surface area (Å²) in [5, 5.41) is 15.8. The van der Waals surface area contributed by atoms with Crippen molar-refractivity contribution in [2.24, 2.45) is 0 Å². The van der Waals surface area contributed by atoms with Crippen LogP contribution in [0.2, 0.25) is 0 Å². The fraction of sp³-hybridized carbons (Fsp3) is 0.222. The average Bonchev–Trinajstić information content (AvgIpc) is 2.05. The molecule has 2 N–H and O–H groups in total. The monoisotopic (exact) mass is 224 g/mol. The second-order valence-corrected chi connectivity index (χ2v) is 2.31. The van der Waals surface area contributed by atoms with Crippen LogP contribution in [0.4, 0.5) is 0 Å². The zero-order chi connectivity index (χ0) is 8.97. The molecule has 0 saturated heterocycles. The van der Waals surface area contributed by atoms with Crippen molar-refractivity contribution in [1.82, 2.24) is 0 Å². The van der Waals surface area contributed by atoms with Crippen molar-refractivity contribution in [2.75, 3.05) is 6.61 Å². The van der Waals surface area contributed by atoms with Crippen LogP contribution in [0, 0.1) is 5.41 Å². The molecule has 0 aliphatic heterocycles. The Morgan fingerprint density at radius 1 is 1.54 bits per heavy atom. The van der Waals surface area contributed by atoms with E-state index < -0.39 is 5.90 Å². The standard InChI is InChI=1S/C9H11NO2.Co/c1-2-12-8-5-3-4-7(6-8)9(10)11;/h3-6H,2H2,1H3,(H2,10,11);. The third-order valence-corrected chi connectivity index (χ3v) is 1.42. The average molecular weight is 224 g/mol. The topological polar surface area (TPSA) is 53.3 Å². The van der Waals surface area contributed by atoms with E-state index in [1.54, 1.807) is 24.3 Å². The van der Waals surface area contributed by atoms with E-state index in [0.29, 0.717) is 17.9 Å². The minimum atomic E-state index is -0.434. The molecule has 1 aromatic carbocycles.